The second-order valence-corrected chi connectivity index (χ2v) is 7.30. The number of anilines is 1. The summed E-state index contributed by atoms with van der Waals surface area (Å²) in [7, 11) is 0. The average Bonchev–Trinajstić information content (AvgIpc) is 3.42. The molecule has 10 nitrogen and oxygen atoms in total. The second kappa shape index (κ2) is 7.51. The number of rotatable bonds is 5. The number of morpholine rings is 1. The molecule has 2 amide bonds. The molecule has 3 saturated heterocycles. The molecule has 2 bridgehead atoms. The minimum absolute atomic E-state index is 0.225. The van der Waals surface area contributed by atoms with Crippen molar-refractivity contribution in [3.63, 3.8) is 0 Å². The summed E-state index contributed by atoms with van der Waals surface area (Å²) in [6.45, 7) is 4.22. The second-order valence-electron chi connectivity index (χ2n) is 7.30. The Morgan fingerprint density at radius 3 is 2.54 bits per heavy atom. The summed E-state index contributed by atoms with van der Waals surface area (Å²) in [5.74, 6) is -3.32. The van der Waals surface area contributed by atoms with Crippen LogP contribution in [0, 0.1) is 11.8 Å². The Morgan fingerprint density at radius 1 is 1.21 bits per heavy atom. The molecule has 28 heavy (non-hydrogen) atoms. The number of amides is 2. The Bertz CT molecular complexity index is 787. The van der Waals surface area contributed by atoms with Crippen molar-refractivity contribution in [1.82, 2.24) is 14.7 Å². The smallest absolute Gasteiger partial charge is 0.310 e. The summed E-state index contributed by atoms with van der Waals surface area (Å²) in [6, 6.07) is 0. The largest absolute Gasteiger partial charge is 0.481 e. The first kappa shape index (κ1) is 18.9. The summed E-state index contributed by atoms with van der Waals surface area (Å²) in [5, 5.41) is 16.5. The van der Waals surface area contributed by atoms with Gasteiger partial charge in [0.25, 0.3) is 5.91 Å². The number of hydrogen-bond acceptors (Lipinski definition) is 6. The highest BCUT2D eigenvalue weighted by molar-refractivity contribution is 6.04. The van der Waals surface area contributed by atoms with E-state index >= 15 is 0 Å². The maximum atomic E-state index is 13.0. The lowest BCUT2D eigenvalue weighted by Crippen LogP contribution is -2.43. The van der Waals surface area contributed by atoms with E-state index < -0.39 is 35.9 Å². The molecule has 3 aliphatic heterocycles. The molecule has 0 radical (unpaired) electrons. The average molecular weight is 392 g/mol. The number of carboxylic acid groups (broad SMARTS) is 1. The molecule has 1 aromatic heterocycles. The SMILES string of the molecule is CCn1ncc(NC(=O)[C@@H]2[C@@H](C(=O)O)[C@H]3CC[C@H]2O3)c1C(=O)N1CCOCC1. The summed E-state index contributed by atoms with van der Waals surface area (Å²) in [5.41, 5.74) is 0.601. The van der Waals surface area contributed by atoms with Gasteiger partial charge in [0.2, 0.25) is 5.91 Å². The summed E-state index contributed by atoms with van der Waals surface area (Å²) in [6.07, 6.45) is 1.94. The lowest BCUT2D eigenvalue weighted by molar-refractivity contribution is -0.147. The molecule has 0 unspecified atom stereocenters. The van der Waals surface area contributed by atoms with Crippen LogP contribution in [0.2, 0.25) is 0 Å². The molecule has 2 N–H and O–H groups in total. The zero-order valence-electron chi connectivity index (χ0n) is 15.7. The van der Waals surface area contributed by atoms with Gasteiger partial charge in [0.1, 0.15) is 5.69 Å². The van der Waals surface area contributed by atoms with Crippen molar-refractivity contribution in [3.8, 4) is 0 Å². The van der Waals surface area contributed by atoms with E-state index in [1.807, 2.05) is 6.92 Å². The van der Waals surface area contributed by atoms with E-state index in [0.29, 0.717) is 57.1 Å². The van der Waals surface area contributed by atoms with Crippen LogP contribution in [-0.4, -0.2) is 76.1 Å². The maximum Gasteiger partial charge on any atom is 0.310 e. The Hall–Kier alpha value is -2.46. The van der Waals surface area contributed by atoms with Crippen molar-refractivity contribution < 1.29 is 29.0 Å². The van der Waals surface area contributed by atoms with E-state index in [4.69, 9.17) is 9.47 Å². The third-order valence-corrected chi connectivity index (χ3v) is 5.76. The van der Waals surface area contributed by atoms with Crippen LogP contribution in [0.25, 0.3) is 0 Å². The third kappa shape index (κ3) is 3.16. The van der Waals surface area contributed by atoms with Gasteiger partial charge in [-0.2, -0.15) is 5.10 Å². The fraction of sp³-hybridized carbons (Fsp3) is 0.667. The van der Waals surface area contributed by atoms with Crippen LogP contribution >= 0.6 is 0 Å². The number of aryl methyl sites for hydroxylation is 1. The number of aliphatic carboxylic acids is 1. The number of nitrogens with one attached hydrogen (secondary N) is 1. The normalized spacial score (nSPS) is 29.1. The van der Waals surface area contributed by atoms with Gasteiger partial charge in [-0.3, -0.25) is 19.1 Å². The third-order valence-electron chi connectivity index (χ3n) is 5.76. The topological polar surface area (TPSA) is 123 Å². The predicted octanol–water partition coefficient (Wildman–Crippen LogP) is 0.192. The van der Waals surface area contributed by atoms with Gasteiger partial charge in [-0.1, -0.05) is 0 Å². The van der Waals surface area contributed by atoms with Crippen LogP contribution in [0.5, 0.6) is 0 Å². The molecule has 0 aromatic carbocycles. The summed E-state index contributed by atoms with van der Waals surface area (Å²) in [4.78, 5) is 39.2. The first-order chi connectivity index (χ1) is 13.5. The molecular formula is C18H24N4O6. The molecule has 4 atom stereocenters. The van der Waals surface area contributed by atoms with E-state index in [1.54, 1.807) is 9.58 Å². The number of hydrogen-bond donors (Lipinski definition) is 2. The van der Waals surface area contributed by atoms with E-state index in [2.05, 4.69) is 10.4 Å². The lowest BCUT2D eigenvalue weighted by atomic mass is 9.78. The number of fused-ring (bicyclic) bond motifs is 2. The van der Waals surface area contributed by atoms with Crippen molar-refractivity contribution in [3.05, 3.63) is 11.9 Å². The van der Waals surface area contributed by atoms with Gasteiger partial charge in [-0.05, 0) is 19.8 Å². The minimum atomic E-state index is -1.03. The molecule has 3 aliphatic rings. The number of carbonyl (C=O) groups is 3. The van der Waals surface area contributed by atoms with Gasteiger partial charge >= 0.3 is 5.97 Å². The number of carbonyl (C=O) groups excluding carboxylic acids is 2. The highest BCUT2D eigenvalue weighted by Gasteiger charge is 2.55. The highest BCUT2D eigenvalue weighted by atomic mass is 16.5. The molecule has 4 rings (SSSR count). The fourth-order valence-corrected chi connectivity index (χ4v) is 4.40. The highest BCUT2D eigenvalue weighted by Crippen LogP contribution is 2.44. The Labute approximate surface area is 161 Å². The van der Waals surface area contributed by atoms with Gasteiger partial charge in [-0.15, -0.1) is 0 Å². The molecule has 0 saturated carbocycles. The van der Waals surface area contributed by atoms with Crippen LogP contribution in [0.1, 0.15) is 30.3 Å². The molecule has 0 spiro atoms. The number of ether oxygens (including phenoxy) is 2. The first-order valence-electron chi connectivity index (χ1n) is 9.63. The monoisotopic (exact) mass is 392 g/mol. The number of nitrogens with zero attached hydrogens (tertiary/aromatic N) is 3. The van der Waals surface area contributed by atoms with Crippen molar-refractivity contribution in [1.29, 1.82) is 0 Å². The fourth-order valence-electron chi connectivity index (χ4n) is 4.40. The van der Waals surface area contributed by atoms with Crippen LogP contribution < -0.4 is 5.32 Å². The quantitative estimate of drug-likeness (QED) is 0.733. The molecule has 0 aliphatic carbocycles. The number of carboxylic acids is 1. The van der Waals surface area contributed by atoms with E-state index in [0.717, 1.165) is 0 Å². The zero-order valence-corrected chi connectivity index (χ0v) is 15.7. The lowest BCUT2D eigenvalue weighted by Gasteiger charge is -2.27. The summed E-state index contributed by atoms with van der Waals surface area (Å²) < 4.78 is 12.5. The Morgan fingerprint density at radius 2 is 1.89 bits per heavy atom. The molecule has 10 heteroatoms. The van der Waals surface area contributed by atoms with E-state index in [-0.39, 0.29) is 5.91 Å². The van der Waals surface area contributed by atoms with Crippen molar-refractivity contribution in [2.24, 2.45) is 11.8 Å². The zero-order chi connectivity index (χ0) is 19.8. The molecular weight excluding hydrogens is 368 g/mol. The van der Waals surface area contributed by atoms with Gasteiger partial charge in [0.15, 0.2) is 0 Å². The van der Waals surface area contributed by atoms with Crippen LogP contribution in [0.15, 0.2) is 6.20 Å². The predicted molar refractivity (Wildman–Crippen MR) is 95.8 cm³/mol. The standard InChI is InChI=1S/C18H24N4O6/c1-2-22-15(17(24)21-5-7-27-8-6-21)10(9-19-22)20-16(23)13-11-3-4-12(28-11)14(13)18(25)26/h9,11-14H,2-8H2,1H3,(H,20,23)(H,25,26)/t11-,12-,13+,14+/m1/s1. The maximum absolute atomic E-state index is 13.0. The van der Waals surface area contributed by atoms with Crippen molar-refractivity contribution in [2.75, 3.05) is 31.6 Å². The van der Waals surface area contributed by atoms with Crippen LogP contribution in [0.3, 0.4) is 0 Å². The summed E-state index contributed by atoms with van der Waals surface area (Å²) >= 11 is 0. The Kier molecular flexibility index (Phi) is 5.07. The van der Waals surface area contributed by atoms with E-state index in [9.17, 15) is 19.5 Å². The van der Waals surface area contributed by atoms with Gasteiger partial charge in [0, 0.05) is 19.6 Å². The van der Waals surface area contributed by atoms with Crippen LogP contribution in [-0.2, 0) is 25.6 Å². The van der Waals surface area contributed by atoms with Gasteiger partial charge in [0.05, 0.1) is 49.1 Å². The molecule has 152 valence electrons. The Balaban J connectivity index is 1.56. The van der Waals surface area contributed by atoms with Gasteiger partial charge < -0.3 is 24.8 Å². The van der Waals surface area contributed by atoms with Crippen LogP contribution in [0.4, 0.5) is 5.69 Å². The van der Waals surface area contributed by atoms with Crippen molar-refractivity contribution in [2.45, 2.75) is 38.5 Å². The number of aromatic nitrogens is 2. The molecule has 1 aromatic rings. The molecule has 4 heterocycles. The molecule has 3 fully saturated rings. The van der Waals surface area contributed by atoms with Gasteiger partial charge in [-0.25, -0.2) is 0 Å². The van der Waals surface area contributed by atoms with E-state index in [1.165, 1.54) is 6.20 Å². The van der Waals surface area contributed by atoms with Crippen molar-refractivity contribution >= 4 is 23.5 Å². The minimum Gasteiger partial charge on any atom is -0.481 e. The first-order valence-corrected chi connectivity index (χ1v) is 9.63.